The zero-order chi connectivity index (χ0) is 22.9. The fourth-order valence-electron chi connectivity index (χ4n) is 4.04. The minimum absolute atomic E-state index is 0.161. The van der Waals surface area contributed by atoms with Gasteiger partial charge in [0.15, 0.2) is 5.11 Å². The number of allylic oxidation sites excluding steroid dienone is 1. The Balaban J connectivity index is 1.57. The third-order valence-corrected chi connectivity index (χ3v) is 8.16. The summed E-state index contributed by atoms with van der Waals surface area (Å²) in [6.45, 7) is 7.13. The lowest BCUT2D eigenvalue weighted by molar-refractivity contribution is 0.397. The van der Waals surface area contributed by atoms with E-state index in [0.29, 0.717) is 16.8 Å². The van der Waals surface area contributed by atoms with Crippen molar-refractivity contribution >= 4 is 45.6 Å². The van der Waals surface area contributed by atoms with E-state index in [2.05, 4.69) is 71.9 Å². The van der Waals surface area contributed by atoms with Gasteiger partial charge in [-0.25, -0.2) is 0 Å². The van der Waals surface area contributed by atoms with E-state index < -0.39 is 0 Å². The second-order valence-electron chi connectivity index (χ2n) is 8.11. The van der Waals surface area contributed by atoms with Crippen LogP contribution in [0.25, 0.3) is 16.3 Å². The number of benzene rings is 1. The second-order valence-corrected chi connectivity index (χ2v) is 10.5. The summed E-state index contributed by atoms with van der Waals surface area (Å²) in [6, 6.07) is 14.6. The predicted octanol–water partition coefficient (Wildman–Crippen LogP) is 6.38. The first kappa shape index (κ1) is 22.0. The summed E-state index contributed by atoms with van der Waals surface area (Å²) < 4.78 is 5.82. The molecule has 1 aromatic carbocycles. The van der Waals surface area contributed by atoms with Crippen molar-refractivity contribution in [3.05, 3.63) is 86.4 Å². The number of rotatable bonds is 6. The molecular weight excluding hydrogens is 469 g/mol. The van der Waals surface area contributed by atoms with Crippen molar-refractivity contribution in [3.8, 4) is 10.7 Å². The van der Waals surface area contributed by atoms with Crippen molar-refractivity contribution in [2.24, 2.45) is 0 Å². The molecule has 4 aromatic rings. The number of hydrogen-bond donors (Lipinski definition) is 1. The molecule has 3 aromatic heterocycles. The molecule has 8 heteroatoms. The number of thiocarbonyl (C=S) groups is 1. The van der Waals surface area contributed by atoms with Crippen LogP contribution in [0.2, 0.25) is 0 Å². The van der Waals surface area contributed by atoms with Crippen molar-refractivity contribution in [2.45, 2.75) is 33.2 Å². The lowest BCUT2D eigenvalue weighted by Gasteiger charge is -2.37. The van der Waals surface area contributed by atoms with E-state index in [1.807, 2.05) is 17.5 Å². The molecule has 1 atom stereocenters. The molecule has 5 rings (SSSR count). The molecule has 5 nitrogen and oxygen atoms in total. The fraction of sp³-hybridized carbons (Fsp3) is 0.240. The van der Waals surface area contributed by atoms with Crippen LogP contribution in [0.15, 0.2) is 63.4 Å². The highest BCUT2D eigenvalue weighted by atomic mass is 32.1. The Hall–Kier alpha value is -2.81. The van der Waals surface area contributed by atoms with Crippen LogP contribution in [-0.2, 0) is 6.42 Å². The lowest BCUT2D eigenvalue weighted by Crippen LogP contribution is -2.46. The molecule has 0 saturated heterocycles. The normalized spacial score (nSPS) is 16.4. The highest BCUT2D eigenvalue weighted by molar-refractivity contribution is 7.80. The minimum Gasteiger partial charge on any atom is -0.351 e. The van der Waals surface area contributed by atoms with E-state index in [9.17, 15) is 0 Å². The van der Waals surface area contributed by atoms with Gasteiger partial charge in [0.25, 0.3) is 5.89 Å². The molecular formula is C25H24N4OS3. The van der Waals surface area contributed by atoms with Crippen molar-refractivity contribution < 1.29 is 4.52 Å². The van der Waals surface area contributed by atoms with Gasteiger partial charge in [-0.2, -0.15) is 4.98 Å². The highest BCUT2D eigenvalue weighted by Crippen LogP contribution is 2.38. The van der Waals surface area contributed by atoms with Crippen LogP contribution >= 0.6 is 34.9 Å². The molecule has 0 amide bonds. The smallest absolute Gasteiger partial charge is 0.258 e. The molecule has 0 fully saturated rings. The summed E-state index contributed by atoms with van der Waals surface area (Å²) in [5.41, 5.74) is 5.63. The molecule has 168 valence electrons. The molecule has 1 unspecified atom stereocenters. The van der Waals surface area contributed by atoms with Crippen LogP contribution in [0.3, 0.4) is 0 Å². The molecule has 33 heavy (non-hydrogen) atoms. The number of thiophene rings is 2. The maximum atomic E-state index is 5.83. The molecule has 0 bridgehead atoms. The first-order valence-electron chi connectivity index (χ1n) is 10.8. The summed E-state index contributed by atoms with van der Waals surface area (Å²) >= 11 is 9.19. The van der Waals surface area contributed by atoms with Crippen LogP contribution < -0.4 is 5.32 Å². The SMILES string of the molecule is CC1=C(c2nc(-c3cccs3)no2)C(c2ccc(C)c(C)c2)NC(=S)N1CCc1cccs1. The number of hydrogen-bond acceptors (Lipinski definition) is 6. The Morgan fingerprint density at radius 1 is 1.06 bits per heavy atom. The topological polar surface area (TPSA) is 54.2 Å². The van der Waals surface area contributed by atoms with Gasteiger partial charge in [0.1, 0.15) is 0 Å². The first-order chi connectivity index (χ1) is 16.0. The molecule has 1 N–H and O–H groups in total. The summed E-state index contributed by atoms with van der Waals surface area (Å²) in [5, 5.41) is 12.7. The van der Waals surface area contributed by atoms with Gasteiger partial charge in [-0.15, -0.1) is 22.7 Å². The van der Waals surface area contributed by atoms with E-state index in [1.54, 1.807) is 22.7 Å². The summed E-state index contributed by atoms with van der Waals surface area (Å²) in [4.78, 5) is 9.25. The zero-order valence-corrected chi connectivity index (χ0v) is 21.1. The number of nitrogens with one attached hydrogen (secondary N) is 1. The Kier molecular flexibility index (Phi) is 6.14. The molecule has 0 radical (unpaired) electrons. The van der Waals surface area contributed by atoms with Crippen LogP contribution in [-0.4, -0.2) is 26.7 Å². The van der Waals surface area contributed by atoms with Gasteiger partial charge < -0.3 is 14.7 Å². The maximum Gasteiger partial charge on any atom is 0.258 e. The van der Waals surface area contributed by atoms with Gasteiger partial charge in [-0.1, -0.05) is 35.5 Å². The third kappa shape index (κ3) is 4.38. The molecule has 0 aliphatic carbocycles. The van der Waals surface area contributed by atoms with Crippen molar-refractivity contribution in [3.63, 3.8) is 0 Å². The molecule has 0 saturated carbocycles. The Morgan fingerprint density at radius 3 is 2.61 bits per heavy atom. The quantitative estimate of drug-likeness (QED) is 0.315. The fourth-order valence-corrected chi connectivity index (χ4v) is 5.73. The van der Waals surface area contributed by atoms with Gasteiger partial charge in [0, 0.05) is 17.1 Å². The molecule has 0 spiro atoms. The summed E-state index contributed by atoms with van der Waals surface area (Å²) in [5.74, 6) is 1.13. The van der Waals surface area contributed by atoms with Gasteiger partial charge in [-0.3, -0.25) is 0 Å². The zero-order valence-electron chi connectivity index (χ0n) is 18.7. The van der Waals surface area contributed by atoms with E-state index in [4.69, 9.17) is 21.7 Å². The maximum absolute atomic E-state index is 5.83. The number of aryl methyl sites for hydroxylation is 2. The van der Waals surface area contributed by atoms with Crippen LogP contribution in [0.5, 0.6) is 0 Å². The lowest BCUT2D eigenvalue weighted by atomic mass is 9.92. The Labute approximate surface area is 206 Å². The van der Waals surface area contributed by atoms with Crippen LogP contribution in [0.4, 0.5) is 0 Å². The standard InChI is InChI=1S/C25H24N4OS3/c1-15-8-9-18(14-16(15)2)22-21(24-27-23(28-30-24)20-7-5-13-33-20)17(3)29(25(31)26-22)11-10-19-6-4-12-32-19/h4-9,12-14,22H,10-11H2,1-3H3,(H,26,31). The van der Waals surface area contributed by atoms with Gasteiger partial charge in [0.2, 0.25) is 5.82 Å². The molecule has 1 aliphatic heterocycles. The van der Waals surface area contributed by atoms with Crippen LogP contribution in [0, 0.1) is 13.8 Å². The monoisotopic (exact) mass is 492 g/mol. The minimum atomic E-state index is -0.161. The summed E-state index contributed by atoms with van der Waals surface area (Å²) in [6.07, 6.45) is 0.919. The highest BCUT2D eigenvalue weighted by Gasteiger charge is 2.34. The second kappa shape index (κ2) is 9.21. The number of aromatic nitrogens is 2. The van der Waals surface area contributed by atoms with E-state index in [0.717, 1.165) is 34.7 Å². The Morgan fingerprint density at radius 2 is 1.88 bits per heavy atom. The Bertz CT molecular complexity index is 1310. The van der Waals surface area contributed by atoms with Gasteiger partial charge in [-0.05, 0) is 79.0 Å². The van der Waals surface area contributed by atoms with E-state index in [-0.39, 0.29) is 6.04 Å². The molecule has 4 heterocycles. The van der Waals surface area contributed by atoms with Gasteiger partial charge >= 0.3 is 0 Å². The third-order valence-electron chi connectivity index (χ3n) is 6.02. The predicted molar refractivity (Wildman–Crippen MR) is 139 cm³/mol. The van der Waals surface area contributed by atoms with Crippen LogP contribution in [0.1, 0.15) is 40.4 Å². The average molecular weight is 493 g/mol. The van der Waals surface area contributed by atoms with Crippen molar-refractivity contribution in [2.75, 3.05) is 6.54 Å². The average Bonchev–Trinajstić information content (AvgIpc) is 3.57. The van der Waals surface area contributed by atoms with E-state index >= 15 is 0 Å². The van der Waals surface area contributed by atoms with Gasteiger partial charge in [0.05, 0.1) is 16.5 Å². The molecule has 1 aliphatic rings. The van der Waals surface area contributed by atoms with Crippen molar-refractivity contribution in [1.29, 1.82) is 0 Å². The van der Waals surface area contributed by atoms with Crippen molar-refractivity contribution in [1.82, 2.24) is 20.4 Å². The first-order valence-corrected chi connectivity index (χ1v) is 12.9. The van der Waals surface area contributed by atoms with E-state index in [1.165, 1.54) is 16.0 Å². The summed E-state index contributed by atoms with van der Waals surface area (Å²) in [7, 11) is 0. The number of nitrogens with zero attached hydrogens (tertiary/aromatic N) is 3. The largest absolute Gasteiger partial charge is 0.351 e.